The first-order valence-electron chi connectivity index (χ1n) is 4.72. The van der Waals surface area contributed by atoms with Crippen LogP contribution in [0.5, 0.6) is 0 Å². The highest BCUT2D eigenvalue weighted by molar-refractivity contribution is 5.83. The van der Waals surface area contributed by atoms with Gasteiger partial charge in [0.2, 0.25) is 5.91 Å². The molecular weight excluding hydrogens is 186 g/mol. The van der Waals surface area contributed by atoms with Crippen LogP contribution in [0.4, 0.5) is 0 Å². The van der Waals surface area contributed by atoms with Gasteiger partial charge in [-0.25, -0.2) is 9.86 Å². The van der Waals surface area contributed by atoms with Crippen LogP contribution in [0.3, 0.4) is 0 Å². The van der Waals surface area contributed by atoms with Crippen molar-refractivity contribution in [3.05, 3.63) is 0 Å². The highest BCUT2D eigenvalue weighted by atomic mass is 16.7. The molecule has 14 heavy (non-hydrogen) atoms. The van der Waals surface area contributed by atoms with Gasteiger partial charge in [0.1, 0.15) is 0 Å². The second kappa shape index (κ2) is 4.41. The van der Waals surface area contributed by atoms with E-state index in [1.165, 1.54) is 0 Å². The molecule has 1 aliphatic heterocycles. The number of carbonyl (C=O) groups excluding carboxylic acids is 1. The number of carboxylic acids is 1. The highest BCUT2D eigenvalue weighted by Crippen LogP contribution is 2.17. The van der Waals surface area contributed by atoms with Crippen molar-refractivity contribution in [1.82, 2.24) is 5.06 Å². The lowest BCUT2D eigenvalue weighted by molar-refractivity contribution is -0.221. The van der Waals surface area contributed by atoms with Gasteiger partial charge in [0, 0.05) is 6.42 Å². The Balaban J connectivity index is 2.75. The minimum absolute atomic E-state index is 0.158. The average molecular weight is 201 g/mol. The van der Waals surface area contributed by atoms with Gasteiger partial charge in [-0.05, 0) is 12.3 Å². The van der Waals surface area contributed by atoms with Crippen LogP contribution in [0.2, 0.25) is 0 Å². The molecule has 5 nitrogen and oxygen atoms in total. The van der Waals surface area contributed by atoms with E-state index in [1.807, 2.05) is 0 Å². The van der Waals surface area contributed by atoms with Crippen LogP contribution in [0.25, 0.3) is 0 Å². The summed E-state index contributed by atoms with van der Waals surface area (Å²) >= 11 is 0. The number of hydrogen-bond donors (Lipinski definition) is 1. The molecule has 5 heteroatoms. The number of hydroxylamine groups is 2. The molecule has 0 aromatic carbocycles. The Labute approximate surface area is 82.6 Å². The standard InChI is InChI=1S/C9H15NO4/c1-6(2)8(9(12)13)10-7(11)4-3-5-14-10/h6,8H,3-5H2,1-2H3,(H,12,13)/t8-/m1/s1. The summed E-state index contributed by atoms with van der Waals surface area (Å²) < 4.78 is 0. The lowest BCUT2D eigenvalue weighted by Gasteiger charge is -2.32. The maximum Gasteiger partial charge on any atom is 0.329 e. The lowest BCUT2D eigenvalue weighted by atomic mass is 10.0. The summed E-state index contributed by atoms with van der Waals surface area (Å²) in [5.74, 6) is -1.41. The molecule has 1 fully saturated rings. The van der Waals surface area contributed by atoms with Crippen LogP contribution in [0.1, 0.15) is 26.7 Å². The minimum Gasteiger partial charge on any atom is -0.480 e. The van der Waals surface area contributed by atoms with E-state index >= 15 is 0 Å². The van der Waals surface area contributed by atoms with Gasteiger partial charge in [0.25, 0.3) is 0 Å². The lowest BCUT2D eigenvalue weighted by Crippen LogP contribution is -2.49. The largest absolute Gasteiger partial charge is 0.480 e. The predicted octanol–water partition coefficient (Wildman–Crippen LogP) is 0.650. The third kappa shape index (κ3) is 2.23. The van der Waals surface area contributed by atoms with Crippen molar-refractivity contribution in [2.45, 2.75) is 32.7 Å². The fraction of sp³-hybridized carbons (Fsp3) is 0.778. The van der Waals surface area contributed by atoms with E-state index in [0.717, 1.165) is 5.06 Å². The van der Waals surface area contributed by atoms with Crippen molar-refractivity contribution in [3.8, 4) is 0 Å². The SMILES string of the molecule is CC(C)[C@H](C(=O)O)N1OCCCC1=O. The molecule has 0 aliphatic carbocycles. The van der Waals surface area contributed by atoms with E-state index in [9.17, 15) is 9.59 Å². The Hall–Kier alpha value is -1.10. The van der Waals surface area contributed by atoms with Gasteiger partial charge >= 0.3 is 5.97 Å². The Kier molecular flexibility index (Phi) is 3.46. The zero-order valence-electron chi connectivity index (χ0n) is 8.40. The van der Waals surface area contributed by atoms with Crippen molar-refractivity contribution < 1.29 is 19.5 Å². The topological polar surface area (TPSA) is 66.8 Å². The van der Waals surface area contributed by atoms with Crippen LogP contribution in [0, 0.1) is 5.92 Å². The summed E-state index contributed by atoms with van der Waals surface area (Å²) in [6.07, 6.45) is 1.04. The summed E-state index contributed by atoms with van der Waals surface area (Å²) in [6.45, 7) is 3.93. The number of amides is 1. The molecule has 1 amide bonds. The fourth-order valence-electron chi connectivity index (χ4n) is 1.46. The minimum atomic E-state index is -1.02. The fourth-order valence-corrected chi connectivity index (χ4v) is 1.46. The van der Waals surface area contributed by atoms with Crippen LogP contribution >= 0.6 is 0 Å². The van der Waals surface area contributed by atoms with Gasteiger partial charge < -0.3 is 5.11 Å². The summed E-state index contributed by atoms with van der Waals surface area (Å²) in [5, 5.41) is 9.95. The van der Waals surface area contributed by atoms with E-state index in [4.69, 9.17) is 9.94 Å². The zero-order chi connectivity index (χ0) is 10.7. The maximum absolute atomic E-state index is 11.4. The van der Waals surface area contributed by atoms with Gasteiger partial charge in [0.15, 0.2) is 6.04 Å². The van der Waals surface area contributed by atoms with Crippen LogP contribution < -0.4 is 0 Å². The molecule has 1 N–H and O–H groups in total. The van der Waals surface area contributed by atoms with Crippen molar-refractivity contribution >= 4 is 11.9 Å². The molecule has 0 bridgehead atoms. The third-order valence-electron chi connectivity index (χ3n) is 2.15. The number of carbonyl (C=O) groups is 2. The van der Waals surface area contributed by atoms with Crippen molar-refractivity contribution in [2.24, 2.45) is 5.92 Å². The first-order valence-corrected chi connectivity index (χ1v) is 4.72. The van der Waals surface area contributed by atoms with Crippen LogP contribution in [0.15, 0.2) is 0 Å². The Morgan fingerprint density at radius 3 is 2.64 bits per heavy atom. The molecule has 80 valence electrons. The normalized spacial score (nSPS) is 19.9. The number of carboxylic acid groups (broad SMARTS) is 1. The predicted molar refractivity (Wildman–Crippen MR) is 48.3 cm³/mol. The smallest absolute Gasteiger partial charge is 0.329 e. The molecule has 1 saturated heterocycles. The van der Waals surface area contributed by atoms with Gasteiger partial charge in [-0.15, -0.1) is 0 Å². The van der Waals surface area contributed by atoms with Crippen molar-refractivity contribution in [2.75, 3.05) is 6.61 Å². The quantitative estimate of drug-likeness (QED) is 0.728. The molecule has 0 unspecified atom stereocenters. The molecular formula is C9H15NO4. The van der Waals surface area contributed by atoms with E-state index in [0.29, 0.717) is 19.4 Å². The third-order valence-corrected chi connectivity index (χ3v) is 2.15. The molecule has 0 saturated carbocycles. The highest BCUT2D eigenvalue weighted by Gasteiger charge is 2.34. The summed E-state index contributed by atoms with van der Waals surface area (Å²) in [6, 6.07) is -0.872. The molecule has 1 atom stereocenters. The van der Waals surface area contributed by atoms with E-state index < -0.39 is 12.0 Å². The summed E-state index contributed by atoms with van der Waals surface area (Å²) in [4.78, 5) is 27.4. The first-order chi connectivity index (χ1) is 6.54. The number of aliphatic carboxylic acids is 1. The van der Waals surface area contributed by atoms with Gasteiger partial charge in [0.05, 0.1) is 6.61 Å². The first kappa shape index (κ1) is 11.0. The molecule has 0 aromatic rings. The van der Waals surface area contributed by atoms with E-state index in [2.05, 4.69) is 0 Å². The number of rotatable bonds is 3. The second-order valence-corrected chi connectivity index (χ2v) is 3.68. The van der Waals surface area contributed by atoms with E-state index in [-0.39, 0.29) is 11.8 Å². The summed E-state index contributed by atoms with van der Waals surface area (Å²) in [7, 11) is 0. The monoisotopic (exact) mass is 201 g/mol. The average Bonchev–Trinajstić information content (AvgIpc) is 2.07. The number of hydrogen-bond acceptors (Lipinski definition) is 3. The van der Waals surface area contributed by atoms with Crippen molar-refractivity contribution in [1.29, 1.82) is 0 Å². The second-order valence-electron chi connectivity index (χ2n) is 3.68. The summed E-state index contributed by atoms with van der Waals surface area (Å²) in [5.41, 5.74) is 0. The zero-order valence-corrected chi connectivity index (χ0v) is 8.40. The molecule has 0 radical (unpaired) electrons. The van der Waals surface area contributed by atoms with Gasteiger partial charge in [-0.1, -0.05) is 13.8 Å². The molecule has 1 heterocycles. The van der Waals surface area contributed by atoms with Crippen LogP contribution in [-0.2, 0) is 14.4 Å². The molecule has 0 spiro atoms. The van der Waals surface area contributed by atoms with Gasteiger partial charge in [-0.3, -0.25) is 9.63 Å². The van der Waals surface area contributed by atoms with Gasteiger partial charge in [-0.2, -0.15) is 0 Å². The molecule has 0 aromatic heterocycles. The van der Waals surface area contributed by atoms with E-state index in [1.54, 1.807) is 13.8 Å². The molecule has 1 aliphatic rings. The maximum atomic E-state index is 11.4. The Morgan fingerprint density at radius 1 is 1.57 bits per heavy atom. The Morgan fingerprint density at radius 2 is 2.21 bits per heavy atom. The number of nitrogens with zero attached hydrogens (tertiary/aromatic N) is 1. The Bertz CT molecular complexity index is 239. The van der Waals surface area contributed by atoms with Crippen LogP contribution in [-0.4, -0.2) is 34.7 Å². The van der Waals surface area contributed by atoms with Crippen molar-refractivity contribution in [3.63, 3.8) is 0 Å². The molecule has 1 rings (SSSR count).